The first kappa shape index (κ1) is 12.5. The minimum atomic E-state index is -0.518. The van der Waals surface area contributed by atoms with Crippen molar-refractivity contribution in [2.24, 2.45) is 11.8 Å². The summed E-state index contributed by atoms with van der Waals surface area (Å²) in [6.45, 7) is 3.69. The molecule has 0 amide bonds. The Hall–Kier alpha value is -0.960. The van der Waals surface area contributed by atoms with Gasteiger partial charge in [0.2, 0.25) is 0 Å². The second-order valence-corrected chi connectivity index (χ2v) is 5.15. The summed E-state index contributed by atoms with van der Waals surface area (Å²) in [4.78, 5) is 0. The van der Waals surface area contributed by atoms with Crippen LogP contribution in [0.15, 0.2) is 18.2 Å². The Labute approximate surface area is 101 Å². The molecule has 1 aliphatic rings. The Morgan fingerprint density at radius 1 is 1.29 bits per heavy atom. The van der Waals surface area contributed by atoms with E-state index in [0.717, 1.165) is 18.5 Å². The van der Waals surface area contributed by atoms with E-state index in [-0.39, 0.29) is 0 Å². The van der Waals surface area contributed by atoms with Crippen LogP contribution in [0, 0.1) is 23.5 Å². The third-order valence-electron chi connectivity index (χ3n) is 3.57. The molecular weight excluding hydrogens is 220 g/mol. The second-order valence-electron chi connectivity index (χ2n) is 5.15. The molecule has 1 fully saturated rings. The molecule has 2 unspecified atom stereocenters. The van der Waals surface area contributed by atoms with Crippen molar-refractivity contribution in [1.82, 2.24) is 5.32 Å². The lowest BCUT2D eigenvalue weighted by molar-refractivity contribution is 0.465. The number of hydrogen-bond acceptors (Lipinski definition) is 1. The van der Waals surface area contributed by atoms with Crippen molar-refractivity contribution in [3.63, 3.8) is 0 Å². The molecule has 1 aromatic rings. The average Bonchev–Trinajstić information content (AvgIpc) is 2.68. The van der Waals surface area contributed by atoms with Gasteiger partial charge in [-0.3, -0.25) is 0 Å². The molecule has 0 spiro atoms. The lowest BCUT2D eigenvalue weighted by atomic mass is 10.1. The Balaban J connectivity index is 1.78. The first-order valence-corrected chi connectivity index (χ1v) is 6.30. The molecule has 0 aliphatic heterocycles. The summed E-state index contributed by atoms with van der Waals surface area (Å²) in [6.07, 6.45) is 3.83. The molecule has 17 heavy (non-hydrogen) atoms. The summed E-state index contributed by atoms with van der Waals surface area (Å²) in [5.41, 5.74) is 0.539. The highest BCUT2D eigenvalue weighted by atomic mass is 19.1. The predicted octanol–water partition coefficient (Wildman–Crippen LogP) is 3.49. The molecule has 1 saturated carbocycles. The third kappa shape index (κ3) is 3.50. The van der Waals surface area contributed by atoms with Crippen LogP contribution in [0.5, 0.6) is 0 Å². The van der Waals surface area contributed by atoms with Crippen LogP contribution >= 0.6 is 0 Å². The molecule has 0 aromatic heterocycles. The van der Waals surface area contributed by atoms with E-state index >= 15 is 0 Å². The fourth-order valence-electron chi connectivity index (χ4n) is 2.59. The van der Waals surface area contributed by atoms with E-state index in [2.05, 4.69) is 12.2 Å². The Morgan fingerprint density at radius 2 is 2.12 bits per heavy atom. The van der Waals surface area contributed by atoms with Gasteiger partial charge in [0.15, 0.2) is 0 Å². The summed E-state index contributed by atoms with van der Waals surface area (Å²) in [5.74, 6) is 0.561. The summed E-state index contributed by atoms with van der Waals surface area (Å²) >= 11 is 0. The van der Waals surface area contributed by atoms with Crippen LogP contribution in [0.2, 0.25) is 0 Å². The molecule has 0 radical (unpaired) electrons. The van der Waals surface area contributed by atoms with Crippen LogP contribution in [0.1, 0.15) is 31.7 Å². The zero-order valence-corrected chi connectivity index (χ0v) is 10.2. The van der Waals surface area contributed by atoms with Gasteiger partial charge in [0.1, 0.15) is 11.6 Å². The van der Waals surface area contributed by atoms with E-state index in [1.54, 1.807) is 0 Å². The van der Waals surface area contributed by atoms with Crippen LogP contribution < -0.4 is 5.32 Å². The predicted molar refractivity (Wildman–Crippen MR) is 64.6 cm³/mol. The molecule has 94 valence electrons. The fraction of sp³-hybridized carbons (Fsp3) is 0.571. The van der Waals surface area contributed by atoms with Gasteiger partial charge in [-0.1, -0.05) is 19.4 Å². The highest BCUT2D eigenvalue weighted by molar-refractivity contribution is 5.18. The molecule has 0 saturated heterocycles. The van der Waals surface area contributed by atoms with Crippen LogP contribution in [0.25, 0.3) is 0 Å². The van der Waals surface area contributed by atoms with Gasteiger partial charge >= 0.3 is 0 Å². The minimum Gasteiger partial charge on any atom is -0.312 e. The first-order chi connectivity index (χ1) is 8.15. The number of nitrogens with one attached hydrogen (secondary N) is 1. The number of benzene rings is 1. The van der Waals surface area contributed by atoms with Gasteiger partial charge in [0.05, 0.1) is 0 Å². The van der Waals surface area contributed by atoms with Crippen molar-refractivity contribution in [2.45, 2.75) is 32.7 Å². The zero-order chi connectivity index (χ0) is 12.3. The van der Waals surface area contributed by atoms with Gasteiger partial charge in [-0.15, -0.1) is 0 Å². The molecule has 1 aromatic carbocycles. The molecule has 2 rings (SSSR count). The number of halogens is 2. The number of hydrogen-bond donors (Lipinski definition) is 1. The standard InChI is InChI=1S/C14H19F2N/c1-10-2-3-11(6-10)8-17-9-12-4-5-13(15)7-14(12)16/h4-5,7,10-11,17H,2-3,6,8-9H2,1H3. The Bertz CT molecular complexity index is 378. The van der Waals surface area contributed by atoms with Gasteiger partial charge in [0, 0.05) is 18.2 Å². The molecule has 0 bridgehead atoms. The maximum absolute atomic E-state index is 13.3. The largest absolute Gasteiger partial charge is 0.312 e. The lowest BCUT2D eigenvalue weighted by Crippen LogP contribution is -2.21. The maximum Gasteiger partial charge on any atom is 0.130 e. The van der Waals surface area contributed by atoms with Crippen LogP contribution in [-0.4, -0.2) is 6.54 Å². The first-order valence-electron chi connectivity index (χ1n) is 6.30. The molecule has 1 aliphatic carbocycles. The minimum absolute atomic E-state index is 0.461. The maximum atomic E-state index is 13.3. The van der Waals surface area contributed by atoms with E-state index in [0.29, 0.717) is 18.0 Å². The highest BCUT2D eigenvalue weighted by Crippen LogP contribution is 2.29. The van der Waals surface area contributed by atoms with Gasteiger partial charge < -0.3 is 5.32 Å². The van der Waals surface area contributed by atoms with Crippen molar-refractivity contribution >= 4 is 0 Å². The van der Waals surface area contributed by atoms with Crippen molar-refractivity contribution < 1.29 is 8.78 Å². The molecule has 1 N–H and O–H groups in total. The van der Waals surface area contributed by atoms with E-state index in [4.69, 9.17) is 0 Å². The summed E-state index contributed by atoms with van der Waals surface area (Å²) < 4.78 is 26.0. The normalized spacial score (nSPS) is 24.2. The Morgan fingerprint density at radius 3 is 2.76 bits per heavy atom. The van der Waals surface area contributed by atoms with E-state index in [9.17, 15) is 8.78 Å². The Kier molecular flexibility index (Phi) is 4.11. The summed E-state index contributed by atoms with van der Waals surface area (Å²) in [7, 11) is 0. The van der Waals surface area contributed by atoms with E-state index in [1.165, 1.54) is 31.4 Å². The van der Waals surface area contributed by atoms with Gasteiger partial charge in [-0.05, 0) is 37.3 Å². The average molecular weight is 239 g/mol. The van der Waals surface area contributed by atoms with Gasteiger partial charge in [-0.25, -0.2) is 8.78 Å². The van der Waals surface area contributed by atoms with Gasteiger partial charge in [-0.2, -0.15) is 0 Å². The molecular formula is C14H19F2N. The zero-order valence-electron chi connectivity index (χ0n) is 10.2. The highest BCUT2D eigenvalue weighted by Gasteiger charge is 2.20. The van der Waals surface area contributed by atoms with Crippen LogP contribution in [-0.2, 0) is 6.54 Å². The van der Waals surface area contributed by atoms with Crippen molar-refractivity contribution in [3.05, 3.63) is 35.4 Å². The van der Waals surface area contributed by atoms with E-state index in [1.807, 2.05) is 0 Å². The van der Waals surface area contributed by atoms with Crippen LogP contribution in [0.4, 0.5) is 8.78 Å². The summed E-state index contributed by atoms with van der Waals surface area (Å²) in [6, 6.07) is 3.75. The van der Waals surface area contributed by atoms with Crippen molar-refractivity contribution in [3.8, 4) is 0 Å². The monoisotopic (exact) mass is 239 g/mol. The summed E-state index contributed by atoms with van der Waals surface area (Å²) in [5, 5.41) is 3.26. The van der Waals surface area contributed by atoms with Crippen molar-refractivity contribution in [2.75, 3.05) is 6.54 Å². The van der Waals surface area contributed by atoms with Gasteiger partial charge in [0.25, 0.3) is 0 Å². The van der Waals surface area contributed by atoms with Crippen molar-refractivity contribution in [1.29, 1.82) is 0 Å². The lowest BCUT2D eigenvalue weighted by Gasteiger charge is -2.11. The molecule has 1 nitrogen and oxygen atoms in total. The molecule has 3 heteroatoms. The topological polar surface area (TPSA) is 12.0 Å². The smallest absolute Gasteiger partial charge is 0.130 e. The second kappa shape index (κ2) is 5.58. The third-order valence-corrected chi connectivity index (χ3v) is 3.57. The van der Waals surface area contributed by atoms with E-state index < -0.39 is 11.6 Å². The molecule has 2 atom stereocenters. The number of rotatable bonds is 4. The SMILES string of the molecule is CC1CCC(CNCc2ccc(F)cc2F)C1. The molecule has 0 heterocycles. The quantitative estimate of drug-likeness (QED) is 0.848. The van der Waals surface area contributed by atoms with Crippen LogP contribution in [0.3, 0.4) is 0 Å². The fourth-order valence-corrected chi connectivity index (χ4v) is 2.59.